The van der Waals surface area contributed by atoms with E-state index >= 15 is 0 Å². The highest BCUT2D eigenvalue weighted by molar-refractivity contribution is 7.89. The molecule has 2 aliphatic carbocycles. The van der Waals surface area contributed by atoms with Crippen molar-refractivity contribution in [3.8, 4) is 0 Å². The Kier molecular flexibility index (Phi) is 2.64. The maximum absolute atomic E-state index is 12.0. The molecule has 0 bridgehead atoms. The number of nitrogens with one attached hydrogen (secondary N) is 2. The molecule has 2 aliphatic rings. The van der Waals surface area contributed by atoms with Gasteiger partial charge >= 0.3 is 0 Å². The van der Waals surface area contributed by atoms with Gasteiger partial charge in [-0.3, -0.25) is 0 Å². The predicted octanol–water partition coefficient (Wildman–Crippen LogP) is 2.09. The van der Waals surface area contributed by atoms with Crippen LogP contribution in [-0.4, -0.2) is 20.0 Å². The molecule has 2 saturated carbocycles. The topological polar surface area (TPSA) is 58.2 Å². The fourth-order valence-electron chi connectivity index (χ4n) is 1.87. The summed E-state index contributed by atoms with van der Waals surface area (Å²) in [6.45, 7) is 2.17. The highest BCUT2D eigenvalue weighted by Crippen LogP contribution is 2.38. The van der Waals surface area contributed by atoms with E-state index in [-0.39, 0.29) is 11.6 Å². The Balaban J connectivity index is 1.73. The van der Waals surface area contributed by atoms with Crippen molar-refractivity contribution in [3.05, 3.63) is 24.3 Å². The lowest BCUT2D eigenvalue weighted by Crippen LogP contribution is -2.25. The van der Waals surface area contributed by atoms with E-state index in [1.165, 1.54) is 12.8 Å². The van der Waals surface area contributed by atoms with Crippen molar-refractivity contribution in [1.29, 1.82) is 0 Å². The first-order chi connectivity index (χ1) is 8.47. The Hall–Kier alpha value is -1.07. The molecule has 1 aromatic carbocycles. The van der Waals surface area contributed by atoms with Crippen LogP contribution in [0.1, 0.15) is 32.6 Å². The first-order valence-corrected chi connectivity index (χ1v) is 7.86. The molecule has 0 unspecified atom stereocenters. The van der Waals surface area contributed by atoms with E-state index in [9.17, 15) is 8.42 Å². The minimum atomic E-state index is -3.32. The normalized spacial score (nSPS) is 21.6. The van der Waals surface area contributed by atoms with Gasteiger partial charge in [0.25, 0.3) is 0 Å². The van der Waals surface area contributed by atoms with Gasteiger partial charge in [0.05, 0.1) is 4.90 Å². The van der Waals surface area contributed by atoms with Crippen LogP contribution in [0.2, 0.25) is 0 Å². The van der Waals surface area contributed by atoms with Gasteiger partial charge in [0.15, 0.2) is 0 Å². The summed E-state index contributed by atoms with van der Waals surface area (Å²) in [5.74, 6) is 0. The van der Waals surface area contributed by atoms with Crippen molar-refractivity contribution in [2.24, 2.45) is 0 Å². The fourth-order valence-corrected chi connectivity index (χ4v) is 3.17. The number of sulfonamides is 1. The molecule has 4 nitrogen and oxygen atoms in total. The molecule has 2 N–H and O–H groups in total. The number of rotatable bonds is 5. The summed E-state index contributed by atoms with van der Waals surface area (Å²) in [6, 6.07) is 7.16. The summed E-state index contributed by atoms with van der Waals surface area (Å²) < 4.78 is 26.6. The van der Waals surface area contributed by atoms with E-state index in [0.717, 1.165) is 18.5 Å². The second-order valence-electron chi connectivity index (χ2n) is 5.61. The van der Waals surface area contributed by atoms with Gasteiger partial charge in [0.1, 0.15) is 0 Å². The summed E-state index contributed by atoms with van der Waals surface area (Å²) in [4.78, 5) is 0.348. The standard InChI is InChI=1S/C13H18N2O2S/c1-13(8-9-13)14-10-4-6-12(7-5-10)18(16,17)15-11-2-3-11/h4-7,11,14-15H,2-3,8-9H2,1H3. The van der Waals surface area contributed by atoms with Gasteiger partial charge in [0.2, 0.25) is 10.0 Å². The molecular weight excluding hydrogens is 248 g/mol. The lowest BCUT2D eigenvalue weighted by Gasteiger charge is -2.13. The minimum absolute atomic E-state index is 0.151. The third kappa shape index (κ3) is 2.67. The first kappa shape index (κ1) is 12.0. The van der Waals surface area contributed by atoms with E-state index < -0.39 is 10.0 Å². The van der Waals surface area contributed by atoms with Crippen LogP contribution < -0.4 is 10.0 Å². The summed E-state index contributed by atoms with van der Waals surface area (Å²) in [5.41, 5.74) is 1.20. The van der Waals surface area contributed by atoms with Crippen LogP contribution in [0.25, 0.3) is 0 Å². The summed E-state index contributed by atoms with van der Waals surface area (Å²) in [5, 5.41) is 3.41. The van der Waals surface area contributed by atoms with E-state index in [4.69, 9.17) is 0 Å². The Bertz CT molecular complexity index is 543. The Morgan fingerprint density at radius 1 is 1.17 bits per heavy atom. The highest BCUT2D eigenvalue weighted by atomic mass is 32.2. The summed E-state index contributed by atoms with van der Waals surface area (Å²) >= 11 is 0. The molecule has 1 aromatic rings. The van der Waals surface area contributed by atoms with Crippen molar-refractivity contribution in [3.63, 3.8) is 0 Å². The van der Waals surface area contributed by atoms with Crippen molar-refractivity contribution in [2.75, 3.05) is 5.32 Å². The van der Waals surface area contributed by atoms with Crippen LogP contribution in [-0.2, 0) is 10.0 Å². The second kappa shape index (κ2) is 3.96. The molecular formula is C13H18N2O2S. The highest BCUT2D eigenvalue weighted by Gasteiger charge is 2.37. The molecule has 0 radical (unpaired) electrons. The Morgan fingerprint density at radius 2 is 1.78 bits per heavy atom. The van der Waals surface area contributed by atoms with Crippen LogP contribution in [0.4, 0.5) is 5.69 Å². The molecule has 0 atom stereocenters. The lowest BCUT2D eigenvalue weighted by molar-refractivity contribution is 0.581. The Labute approximate surface area is 108 Å². The molecule has 2 fully saturated rings. The molecule has 0 amide bonds. The molecule has 0 heterocycles. The van der Waals surface area contributed by atoms with Gasteiger partial charge in [-0.2, -0.15) is 0 Å². The van der Waals surface area contributed by atoms with Crippen LogP contribution in [0.3, 0.4) is 0 Å². The predicted molar refractivity (Wildman–Crippen MR) is 71.0 cm³/mol. The largest absolute Gasteiger partial charge is 0.380 e. The minimum Gasteiger partial charge on any atom is -0.380 e. The SMILES string of the molecule is CC1(Nc2ccc(S(=O)(=O)NC3CC3)cc2)CC1. The van der Waals surface area contributed by atoms with Gasteiger partial charge in [0, 0.05) is 17.3 Å². The monoisotopic (exact) mass is 266 g/mol. The van der Waals surface area contributed by atoms with Crippen molar-refractivity contribution in [1.82, 2.24) is 4.72 Å². The number of hydrogen-bond acceptors (Lipinski definition) is 3. The molecule has 3 rings (SSSR count). The molecule has 18 heavy (non-hydrogen) atoms. The average Bonchev–Trinajstić information content (AvgIpc) is 3.20. The smallest absolute Gasteiger partial charge is 0.240 e. The van der Waals surface area contributed by atoms with Crippen LogP contribution in [0.5, 0.6) is 0 Å². The lowest BCUT2D eigenvalue weighted by atomic mass is 10.2. The maximum Gasteiger partial charge on any atom is 0.240 e. The zero-order valence-electron chi connectivity index (χ0n) is 10.4. The summed E-state index contributed by atoms with van der Waals surface area (Å²) in [6.07, 6.45) is 4.26. The number of anilines is 1. The quantitative estimate of drug-likeness (QED) is 0.858. The molecule has 98 valence electrons. The zero-order chi connectivity index (χ0) is 12.8. The molecule has 0 aromatic heterocycles. The molecule has 0 spiro atoms. The van der Waals surface area contributed by atoms with Crippen molar-refractivity contribution >= 4 is 15.7 Å². The number of hydrogen-bond donors (Lipinski definition) is 2. The van der Waals surface area contributed by atoms with E-state index in [1.807, 2.05) is 12.1 Å². The second-order valence-corrected chi connectivity index (χ2v) is 7.32. The first-order valence-electron chi connectivity index (χ1n) is 6.38. The van der Waals surface area contributed by atoms with Crippen LogP contribution in [0, 0.1) is 0 Å². The van der Waals surface area contributed by atoms with E-state index in [0.29, 0.717) is 4.90 Å². The fraction of sp³-hybridized carbons (Fsp3) is 0.538. The van der Waals surface area contributed by atoms with Crippen molar-refractivity contribution < 1.29 is 8.42 Å². The summed E-state index contributed by atoms with van der Waals surface area (Å²) in [7, 11) is -3.32. The number of benzene rings is 1. The molecule has 0 aliphatic heterocycles. The Morgan fingerprint density at radius 3 is 2.28 bits per heavy atom. The van der Waals surface area contributed by atoms with Gasteiger partial charge in [-0.05, 0) is 56.9 Å². The van der Waals surface area contributed by atoms with Crippen molar-refractivity contribution in [2.45, 2.75) is 49.1 Å². The van der Waals surface area contributed by atoms with E-state index in [1.54, 1.807) is 12.1 Å². The van der Waals surface area contributed by atoms with Gasteiger partial charge in [-0.1, -0.05) is 0 Å². The van der Waals surface area contributed by atoms with E-state index in [2.05, 4.69) is 17.0 Å². The third-order valence-electron chi connectivity index (χ3n) is 3.51. The van der Waals surface area contributed by atoms with Crippen LogP contribution in [0.15, 0.2) is 29.2 Å². The zero-order valence-corrected chi connectivity index (χ0v) is 11.3. The molecule has 0 saturated heterocycles. The van der Waals surface area contributed by atoms with Crippen LogP contribution >= 0.6 is 0 Å². The average molecular weight is 266 g/mol. The van der Waals surface area contributed by atoms with Gasteiger partial charge in [-0.25, -0.2) is 13.1 Å². The van der Waals surface area contributed by atoms with Gasteiger partial charge < -0.3 is 5.32 Å². The third-order valence-corrected chi connectivity index (χ3v) is 5.05. The molecule has 5 heteroatoms. The maximum atomic E-state index is 12.0. The van der Waals surface area contributed by atoms with Gasteiger partial charge in [-0.15, -0.1) is 0 Å².